The lowest BCUT2D eigenvalue weighted by Gasteiger charge is -2.11. The molecule has 2 aromatic heterocycles. The van der Waals surface area contributed by atoms with Crippen LogP contribution in [0, 0.1) is 12.7 Å². The Kier molecular flexibility index (Phi) is 3.65. The predicted octanol–water partition coefficient (Wildman–Crippen LogP) is 1.31. The van der Waals surface area contributed by atoms with E-state index in [1.807, 2.05) is 0 Å². The van der Waals surface area contributed by atoms with E-state index in [2.05, 4.69) is 5.10 Å². The van der Waals surface area contributed by atoms with Crippen LogP contribution in [0.4, 0.5) is 4.39 Å². The average molecular weight is 317 g/mol. The van der Waals surface area contributed by atoms with E-state index in [9.17, 15) is 19.1 Å². The van der Waals surface area contributed by atoms with Crippen molar-refractivity contribution in [1.29, 1.82) is 0 Å². The first-order valence-corrected chi connectivity index (χ1v) is 7.17. The second-order valence-electron chi connectivity index (χ2n) is 5.55. The summed E-state index contributed by atoms with van der Waals surface area (Å²) in [6.07, 6.45) is -0.715. The Hall–Kier alpha value is -2.67. The molecule has 1 aromatic carbocycles. The summed E-state index contributed by atoms with van der Waals surface area (Å²) in [6, 6.07) is 6.92. The van der Waals surface area contributed by atoms with Crippen LogP contribution in [0.1, 0.15) is 12.6 Å². The second kappa shape index (κ2) is 5.51. The second-order valence-corrected chi connectivity index (χ2v) is 5.55. The lowest BCUT2D eigenvalue weighted by molar-refractivity contribution is 0.171. The first-order valence-electron chi connectivity index (χ1n) is 7.17. The van der Waals surface area contributed by atoms with Gasteiger partial charge in [-0.05, 0) is 32.0 Å². The van der Waals surface area contributed by atoms with Gasteiger partial charge in [0.2, 0.25) is 0 Å². The van der Waals surface area contributed by atoms with Crippen LogP contribution in [0.2, 0.25) is 0 Å². The summed E-state index contributed by atoms with van der Waals surface area (Å²) in [7, 11) is 0. The van der Waals surface area contributed by atoms with E-state index in [1.54, 1.807) is 19.9 Å². The normalized spacial score (nSPS) is 12.7. The molecule has 3 rings (SSSR count). The number of nitrogens with one attached hydrogen (secondary N) is 1. The van der Waals surface area contributed by atoms with Crippen LogP contribution < -0.4 is 11.1 Å². The monoisotopic (exact) mass is 317 g/mol. The van der Waals surface area contributed by atoms with Crippen LogP contribution in [0.3, 0.4) is 0 Å². The molecule has 23 heavy (non-hydrogen) atoms. The summed E-state index contributed by atoms with van der Waals surface area (Å²) < 4.78 is 15.9. The maximum atomic E-state index is 13.4. The Morgan fingerprint density at radius 3 is 2.70 bits per heavy atom. The average Bonchev–Trinajstić information content (AvgIpc) is 2.80. The molecule has 0 radical (unpaired) electrons. The van der Waals surface area contributed by atoms with Crippen molar-refractivity contribution in [2.45, 2.75) is 26.5 Å². The number of hydrogen-bond acceptors (Lipinski definition) is 3. The van der Waals surface area contributed by atoms with Crippen molar-refractivity contribution in [3.63, 3.8) is 0 Å². The topological polar surface area (TPSA) is 80.0 Å². The van der Waals surface area contributed by atoms with Crippen molar-refractivity contribution < 1.29 is 9.50 Å². The van der Waals surface area contributed by atoms with Crippen LogP contribution in [0.15, 0.2) is 39.9 Å². The number of aryl methyl sites for hydroxylation is 1. The first-order chi connectivity index (χ1) is 10.9. The number of H-pyrrole nitrogens is 1. The fourth-order valence-electron chi connectivity index (χ4n) is 2.70. The van der Waals surface area contributed by atoms with Crippen LogP contribution >= 0.6 is 0 Å². The largest absolute Gasteiger partial charge is 0.392 e. The van der Waals surface area contributed by atoms with Crippen LogP contribution in [0.25, 0.3) is 16.6 Å². The number of nitrogens with zero attached hydrogens (tertiary/aromatic N) is 2. The molecule has 0 bridgehead atoms. The van der Waals surface area contributed by atoms with Gasteiger partial charge >= 0.3 is 0 Å². The summed E-state index contributed by atoms with van der Waals surface area (Å²) in [6.45, 7) is 3.32. The minimum Gasteiger partial charge on any atom is -0.392 e. The first kappa shape index (κ1) is 15.2. The molecule has 0 amide bonds. The molecule has 0 aliphatic carbocycles. The van der Waals surface area contributed by atoms with Gasteiger partial charge < -0.3 is 9.67 Å². The maximum Gasteiger partial charge on any atom is 0.280 e. The van der Waals surface area contributed by atoms with Gasteiger partial charge in [-0.2, -0.15) is 0 Å². The number of benzene rings is 1. The van der Waals surface area contributed by atoms with Crippen molar-refractivity contribution in [2.75, 3.05) is 0 Å². The van der Waals surface area contributed by atoms with Gasteiger partial charge in [0, 0.05) is 11.8 Å². The summed E-state index contributed by atoms with van der Waals surface area (Å²) in [5, 5.41) is 12.7. The highest BCUT2D eigenvalue weighted by atomic mass is 19.1. The Balaban J connectivity index is 2.29. The summed E-state index contributed by atoms with van der Waals surface area (Å²) in [4.78, 5) is 24.8. The van der Waals surface area contributed by atoms with Crippen LogP contribution in [-0.4, -0.2) is 25.6 Å². The molecule has 1 atom stereocenters. The van der Waals surface area contributed by atoms with Crippen molar-refractivity contribution >= 4 is 10.9 Å². The SMILES string of the molecule is Cc1c2c(=O)n(-c3cccc(F)c3)[nH]c2cc(=O)n1CC(C)O. The molecule has 3 aromatic rings. The number of pyridine rings is 1. The molecule has 6 nitrogen and oxygen atoms in total. The number of halogens is 1. The van der Waals surface area contributed by atoms with E-state index in [1.165, 1.54) is 33.5 Å². The highest BCUT2D eigenvalue weighted by molar-refractivity contribution is 5.80. The van der Waals surface area contributed by atoms with E-state index < -0.39 is 11.9 Å². The van der Waals surface area contributed by atoms with Crippen LogP contribution in [0.5, 0.6) is 0 Å². The Bertz CT molecular complexity index is 998. The zero-order valence-electron chi connectivity index (χ0n) is 12.7. The van der Waals surface area contributed by atoms with Gasteiger partial charge in [0.25, 0.3) is 11.1 Å². The van der Waals surface area contributed by atoms with Gasteiger partial charge in [0.05, 0.1) is 29.2 Å². The van der Waals surface area contributed by atoms with E-state index in [-0.39, 0.29) is 17.7 Å². The van der Waals surface area contributed by atoms with Crippen LogP contribution in [-0.2, 0) is 6.54 Å². The molecular formula is C16H16FN3O3. The molecule has 120 valence electrons. The van der Waals surface area contributed by atoms with E-state index in [4.69, 9.17) is 0 Å². The minimum atomic E-state index is -0.715. The third kappa shape index (κ3) is 2.59. The molecule has 1 unspecified atom stereocenters. The van der Waals surface area contributed by atoms with Gasteiger partial charge in [-0.1, -0.05) is 6.07 Å². The molecule has 0 aliphatic heterocycles. The Morgan fingerprint density at radius 1 is 1.30 bits per heavy atom. The van der Waals surface area contributed by atoms with E-state index in [0.29, 0.717) is 22.3 Å². The van der Waals surface area contributed by atoms with Gasteiger partial charge in [0.15, 0.2) is 0 Å². The van der Waals surface area contributed by atoms with Gasteiger partial charge in [-0.25, -0.2) is 9.07 Å². The molecular weight excluding hydrogens is 301 g/mol. The highest BCUT2D eigenvalue weighted by Gasteiger charge is 2.16. The zero-order valence-corrected chi connectivity index (χ0v) is 12.7. The van der Waals surface area contributed by atoms with Gasteiger partial charge in [0.1, 0.15) is 5.82 Å². The zero-order chi connectivity index (χ0) is 16.7. The predicted molar refractivity (Wildman–Crippen MR) is 84.5 cm³/mol. The summed E-state index contributed by atoms with van der Waals surface area (Å²) in [5.41, 5.74) is 0.500. The van der Waals surface area contributed by atoms with Gasteiger partial charge in [-0.3, -0.25) is 14.7 Å². The molecule has 0 aliphatic rings. The number of aliphatic hydroxyl groups excluding tert-OH is 1. The Labute approximate surface area is 130 Å². The quantitative estimate of drug-likeness (QED) is 0.764. The standard InChI is InChI=1S/C16H16FN3O3/c1-9(21)8-19-10(2)15-13(7-14(19)22)18-20(16(15)23)12-5-3-4-11(17)6-12/h3-7,9,18,21H,8H2,1-2H3. The maximum absolute atomic E-state index is 13.4. The van der Waals surface area contributed by atoms with E-state index >= 15 is 0 Å². The molecule has 2 N–H and O–H groups in total. The molecule has 0 saturated carbocycles. The third-order valence-electron chi connectivity index (χ3n) is 3.73. The number of hydrogen-bond donors (Lipinski definition) is 2. The molecule has 0 saturated heterocycles. The molecule has 2 heterocycles. The highest BCUT2D eigenvalue weighted by Crippen LogP contribution is 2.14. The Morgan fingerprint density at radius 2 is 2.04 bits per heavy atom. The number of aromatic amines is 1. The van der Waals surface area contributed by atoms with Gasteiger partial charge in [-0.15, -0.1) is 0 Å². The number of aliphatic hydroxyl groups is 1. The lowest BCUT2D eigenvalue weighted by Crippen LogP contribution is -2.27. The van der Waals surface area contributed by atoms with Crippen molar-refractivity contribution in [2.24, 2.45) is 0 Å². The molecule has 0 fully saturated rings. The van der Waals surface area contributed by atoms with Crippen molar-refractivity contribution in [3.8, 4) is 5.69 Å². The fraction of sp³-hybridized carbons (Fsp3) is 0.250. The van der Waals surface area contributed by atoms with E-state index in [0.717, 1.165) is 0 Å². The molecule has 0 spiro atoms. The number of aromatic nitrogens is 3. The summed E-state index contributed by atoms with van der Waals surface area (Å²) >= 11 is 0. The number of fused-ring (bicyclic) bond motifs is 1. The third-order valence-corrected chi connectivity index (χ3v) is 3.73. The minimum absolute atomic E-state index is 0.102. The lowest BCUT2D eigenvalue weighted by atomic mass is 10.2. The van der Waals surface area contributed by atoms with Crippen molar-refractivity contribution in [1.82, 2.24) is 14.3 Å². The fourth-order valence-corrected chi connectivity index (χ4v) is 2.70. The summed E-state index contributed by atoms with van der Waals surface area (Å²) in [5.74, 6) is -0.460. The van der Waals surface area contributed by atoms with Crippen molar-refractivity contribution in [3.05, 3.63) is 62.6 Å². The smallest absolute Gasteiger partial charge is 0.280 e. The molecule has 7 heteroatoms. The number of rotatable bonds is 3.